The quantitative estimate of drug-likeness (QED) is 0.728. The fraction of sp³-hybridized carbons (Fsp3) is 1.00. The largest absolute Gasteiger partial charge is 0.396 e. The first-order chi connectivity index (χ1) is 5.89. The Hall–Kier alpha value is -0.220. The summed E-state index contributed by atoms with van der Waals surface area (Å²) in [6.07, 6.45) is 0.362. The molecule has 1 aliphatic carbocycles. The van der Waals surface area contributed by atoms with E-state index in [0.29, 0.717) is 6.42 Å². The maximum atomic E-state index is 12.6. The minimum Gasteiger partial charge on any atom is -0.396 e. The lowest BCUT2D eigenvalue weighted by Gasteiger charge is -2.46. The zero-order valence-corrected chi connectivity index (χ0v) is 8.19. The summed E-state index contributed by atoms with van der Waals surface area (Å²) in [7, 11) is 3.81. The Bertz CT molecular complexity index is 174. The second-order valence-electron chi connectivity index (χ2n) is 4.42. The average molecular weight is 193 g/mol. The standard InChI is InChI=1S/C9H17F2NO/c1-12(2)4-3-8(7-13)5-9(10,11)6-8/h13H,3-7H2,1-2H3. The number of aliphatic hydroxyl groups excluding tert-OH is 1. The highest BCUT2D eigenvalue weighted by molar-refractivity contribution is 4.98. The molecule has 1 fully saturated rings. The summed E-state index contributed by atoms with van der Waals surface area (Å²) in [5, 5.41) is 9.03. The van der Waals surface area contributed by atoms with Crippen LogP contribution in [0.3, 0.4) is 0 Å². The van der Waals surface area contributed by atoms with Gasteiger partial charge in [-0.1, -0.05) is 0 Å². The first-order valence-corrected chi connectivity index (χ1v) is 4.53. The molecule has 0 spiro atoms. The molecule has 0 atom stereocenters. The van der Waals surface area contributed by atoms with E-state index < -0.39 is 11.3 Å². The van der Waals surface area contributed by atoms with Crippen molar-refractivity contribution in [3.63, 3.8) is 0 Å². The van der Waals surface area contributed by atoms with Crippen LogP contribution in [0.1, 0.15) is 19.3 Å². The van der Waals surface area contributed by atoms with Crippen LogP contribution in [0.5, 0.6) is 0 Å². The summed E-state index contributed by atoms with van der Waals surface area (Å²) in [5.74, 6) is -2.53. The van der Waals surface area contributed by atoms with E-state index in [1.54, 1.807) is 0 Å². The van der Waals surface area contributed by atoms with Crippen LogP contribution >= 0.6 is 0 Å². The number of hydrogen-bond acceptors (Lipinski definition) is 2. The third-order valence-corrected chi connectivity index (χ3v) is 2.69. The molecule has 0 aliphatic heterocycles. The molecule has 78 valence electrons. The van der Waals surface area contributed by atoms with Gasteiger partial charge in [0.25, 0.3) is 0 Å². The predicted molar refractivity (Wildman–Crippen MR) is 46.9 cm³/mol. The molecule has 0 aromatic rings. The molecule has 1 rings (SSSR count). The Morgan fingerprint density at radius 3 is 2.15 bits per heavy atom. The predicted octanol–water partition coefficient (Wildman–Crippen LogP) is 1.35. The van der Waals surface area contributed by atoms with Crippen LogP contribution in [0.4, 0.5) is 8.78 Å². The van der Waals surface area contributed by atoms with Gasteiger partial charge < -0.3 is 10.0 Å². The van der Waals surface area contributed by atoms with Crippen molar-refractivity contribution in [2.24, 2.45) is 5.41 Å². The highest BCUT2D eigenvalue weighted by Crippen LogP contribution is 2.53. The summed E-state index contributed by atoms with van der Waals surface area (Å²) in [5.41, 5.74) is -0.506. The van der Waals surface area contributed by atoms with E-state index in [-0.39, 0.29) is 19.4 Å². The first kappa shape index (κ1) is 10.9. The van der Waals surface area contributed by atoms with E-state index in [2.05, 4.69) is 0 Å². The van der Waals surface area contributed by atoms with Crippen LogP contribution in [-0.2, 0) is 0 Å². The van der Waals surface area contributed by atoms with Crippen molar-refractivity contribution in [3.05, 3.63) is 0 Å². The van der Waals surface area contributed by atoms with Crippen LogP contribution in [-0.4, -0.2) is 43.2 Å². The van der Waals surface area contributed by atoms with E-state index in [1.165, 1.54) is 0 Å². The SMILES string of the molecule is CN(C)CCC1(CO)CC(F)(F)C1. The Kier molecular flexibility index (Phi) is 2.92. The third kappa shape index (κ3) is 2.61. The second-order valence-corrected chi connectivity index (χ2v) is 4.42. The minimum atomic E-state index is -2.53. The number of alkyl halides is 2. The lowest BCUT2D eigenvalue weighted by Crippen LogP contribution is -2.49. The fourth-order valence-electron chi connectivity index (χ4n) is 1.87. The van der Waals surface area contributed by atoms with Crippen LogP contribution in [0.2, 0.25) is 0 Å². The smallest absolute Gasteiger partial charge is 0.249 e. The van der Waals surface area contributed by atoms with Crippen molar-refractivity contribution in [1.82, 2.24) is 4.90 Å². The number of rotatable bonds is 4. The average Bonchev–Trinajstić information content (AvgIpc) is 1.96. The summed E-state index contributed by atoms with van der Waals surface area (Å²) in [6, 6.07) is 0. The number of halogens is 2. The van der Waals surface area contributed by atoms with Crippen molar-refractivity contribution < 1.29 is 13.9 Å². The molecule has 1 saturated carbocycles. The zero-order valence-electron chi connectivity index (χ0n) is 8.19. The van der Waals surface area contributed by atoms with Gasteiger partial charge in [-0.05, 0) is 27.1 Å². The van der Waals surface area contributed by atoms with Gasteiger partial charge in [-0.15, -0.1) is 0 Å². The van der Waals surface area contributed by atoms with Gasteiger partial charge >= 0.3 is 0 Å². The fourth-order valence-corrected chi connectivity index (χ4v) is 1.87. The van der Waals surface area contributed by atoms with Crippen molar-refractivity contribution in [2.45, 2.75) is 25.2 Å². The molecular weight excluding hydrogens is 176 g/mol. The first-order valence-electron chi connectivity index (χ1n) is 4.53. The lowest BCUT2D eigenvalue weighted by atomic mass is 9.64. The molecule has 0 radical (unpaired) electrons. The van der Waals surface area contributed by atoms with E-state index in [4.69, 9.17) is 5.11 Å². The topological polar surface area (TPSA) is 23.5 Å². The molecule has 2 nitrogen and oxygen atoms in total. The number of nitrogens with zero attached hydrogens (tertiary/aromatic N) is 1. The summed E-state index contributed by atoms with van der Waals surface area (Å²) < 4.78 is 25.2. The van der Waals surface area contributed by atoms with Crippen LogP contribution in [0.25, 0.3) is 0 Å². The van der Waals surface area contributed by atoms with E-state index in [1.807, 2.05) is 19.0 Å². The van der Waals surface area contributed by atoms with Gasteiger partial charge in [0.05, 0.1) is 0 Å². The molecule has 4 heteroatoms. The zero-order chi connectivity index (χ0) is 10.1. The molecule has 1 N–H and O–H groups in total. The van der Waals surface area contributed by atoms with Crippen LogP contribution < -0.4 is 0 Å². The molecular formula is C9H17F2NO. The third-order valence-electron chi connectivity index (χ3n) is 2.69. The number of aliphatic hydroxyl groups is 1. The molecule has 0 unspecified atom stereocenters. The highest BCUT2D eigenvalue weighted by Gasteiger charge is 2.55. The molecule has 13 heavy (non-hydrogen) atoms. The van der Waals surface area contributed by atoms with Gasteiger partial charge in [0, 0.05) is 24.9 Å². The maximum Gasteiger partial charge on any atom is 0.249 e. The summed E-state index contributed by atoms with van der Waals surface area (Å²) in [4.78, 5) is 1.95. The lowest BCUT2D eigenvalue weighted by molar-refractivity contribution is -0.179. The second kappa shape index (κ2) is 3.50. The van der Waals surface area contributed by atoms with Crippen molar-refractivity contribution in [2.75, 3.05) is 27.2 Å². The van der Waals surface area contributed by atoms with Gasteiger partial charge in [0.1, 0.15) is 0 Å². The highest BCUT2D eigenvalue weighted by atomic mass is 19.3. The van der Waals surface area contributed by atoms with Crippen LogP contribution in [0, 0.1) is 5.41 Å². The summed E-state index contributed by atoms with van der Waals surface area (Å²) in [6.45, 7) is 0.646. The Labute approximate surface area is 77.5 Å². The van der Waals surface area contributed by atoms with E-state index >= 15 is 0 Å². The molecule has 0 saturated heterocycles. The van der Waals surface area contributed by atoms with Crippen molar-refractivity contribution >= 4 is 0 Å². The van der Waals surface area contributed by atoms with E-state index in [9.17, 15) is 8.78 Å². The van der Waals surface area contributed by atoms with Gasteiger partial charge in [0.2, 0.25) is 5.92 Å². The molecule has 0 amide bonds. The Morgan fingerprint density at radius 2 is 1.85 bits per heavy atom. The van der Waals surface area contributed by atoms with Crippen molar-refractivity contribution in [3.8, 4) is 0 Å². The molecule has 0 aromatic carbocycles. The molecule has 0 bridgehead atoms. The monoisotopic (exact) mass is 193 g/mol. The van der Waals surface area contributed by atoms with Crippen molar-refractivity contribution in [1.29, 1.82) is 0 Å². The van der Waals surface area contributed by atoms with Gasteiger partial charge in [-0.3, -0.25) is 0 Å². The van der Waals surface area contributed by atoms with Crippen LogP contribution in [0.15, 0.2) is 0 Å². The van der Waals surface area contributed by atoms with Gasteiger partial charge in [-0.25, -0.2) is 8.78 Å². The van der Waals surface area contributed by atoms with Gasteiger partial charge in [-0.2, -0.15) is 0 Å². The minimum absolute atomic E-state index is 0.115. The Morgan fingerprint density at radius 1 is 1.31 bits per heavy atom. The molecule has 0 aromatic heterocycles. The normalized spacial score (nSPS) is 24.5. The van der Waals surface area contributed by atoms with E-state index in [0.717, 1.165) is 6.54 Å². The molecule has 0 heterocycles. The van der Waals surface area contributed by atoms with Gasteiger partial charge in [0.15, 0.2) is 0 Å². The molecule has 1 aliphatic rings. The number of hydrogen-bond donors (Lipinski definition) is 1. The Balaban J connectivity index is 2.37. The summed E-state index contributed by atoms with van der Waals surface area (Å²) >= 11 is 0. The maximum absolute atomic E-state index is 12.6.